The molecule has 5 N–H and O–H groups in total. The molecule has 0 aliphatic rings. The topological polar surface area (TPSA) is 203 Å². The molecule has 0 aliphatic carbocycles. The number of carbonyl (C=O) groups excluding carboxylic acids is 1. The number of ether oxygens (including phenoxy) is 2. The van der Waals surface area contributed by atoms with Gasteiger partial charge in [0.05, 0.1) is 24.2 Å². The second-order valence-electron chi connectivity index (χ2n) is 9.08. The van der Waals surface area contributed by atoms with Gasteiger partial charge in [-0.2, -0.15) is 14.3 Å². The number of sulfonamides is 1. The van der Waals surface area contributed by atoms with Gasteiger partial charge in [-0.05, 0) is 31.4 Å². The van der Waals surface area contributed by atoms with Crippen molar-refractivity contribution in [3.05, 3.63) is 34.7 Å². The molecule has 0 radical (unpaired) electrons. The highest BCUT2D eigenvalue weighted by atomic mass is 32.2. The molecule has 2 aromatic heterocycles. The molecule has 2 heterocycles. The molecule has 0 aliphatic heterocycles. The maximum Gasteiger partial charge on any atom is 0.327 e. The van der Waals surface area contributed by atoms with Gasteiger partial charge in [0.15, 0.2) is 11.5 Å². The van der Waals surface area contributed by atoms with Crippen LogP contribution in [0, 0.1) is 0 Å². The summed E-state index contributed by atoms with van der Waals surface area (Å²) in [7, 11) is -4.13. The van der Waals surface area contributed by atoms with Crippen LogP contribution in [0.1, 0.15) is 46.0 Å². The number of nitrogens with zero attached hydrogens (tertiary/aromatic N) is 4. The van der Waals surface area contributed by atoms with Crippen LogP contribution in [0.4, 0.5) is 5.82 Å². The molecule has 0 fully saturated rings. The van der Waals surface area contributed by atoms with Crippen molar-refractivity contribution < 1.29 is 32.9 Å². The van der Waals surface area contributed by atoms with E-state index in [-0.39, 0.29) is 59.7 Å². The smallest absolute Gasteiger partial charge is 0.327 e. The number of imidazole rings is 1. The summed E-state index contributed by atoms with van der Waals surface area (Å²) < 4.78 is 39.9. The molecular formula is C25H36N6O8S. The van der Waals surface area contributed by atoms with Crippen molar-refractivity contribution in [2.24, 2.45) is 0 Å². The SMILES string of the molecule is CCCCOc1nc(N)c2[nH]c(=O)n(CCCCN(C[C@@H](O)CO)S(=O)(=O)c3cccc(OC(=O)CC)c3)c2n1. The minimum absolute atomic E-state index is 0.0159. The fourth-order valence-corrected chi connectivity index (χ4v) is 5.37. The van der Waals surface area contributed by atoms with Crippen LogP contribution in [0.15, 0.2) is 34.0 Å². The monoisotopic (exact) mass is 580 g/mol. The summed E-state index contributed by atoms with van der Waals surface area (Å²) in [5, 5.41) is 19.3. The lowest BCUT2D eigenvalue weighted by molar-refractivity contribution is -0.134. The number of nitrogens with two attached hydrogens (primary N) is 1. The number of aliphatic hydroxyl groups is 2. The molecule has 3 aromatic rings. The van der Waals surface area contributed by atoms with Crippen molar-refractivity contribution in [3.63, 3.8) is 0 Å². The Morgan fingerprint density at radius 2 is 2.00 bits per heavy atom. The van der Waals surface area contributed by atoms with Crippen LogP contribution >= 0.6 is 0 Å². The predicted molar refractivity (Wildman–Crippen MR) is 146 cm³/mol. The van der Waals surface area contributed by atoms with Gasteiger partial charge in [-0.3, -0.25) is 9.36 Å². The maximum absolute atomic E-state index is 13.4. The van der Waals surface area contributed by atoms with Crippen molar-refractivity contribution in [1.82, 2.24) is 23.8 Å². The Kier molecular flexibility index (Phi) is 11.0. The van der Waals surface area contributed by atoms with Crippen LogP contribution in [0.3, 0.4) is 0 Å². The first-order valence-electron chi connectivity index (χ1n) is 13.1. The molecule has 14 nitrogen and oxygen atoms in total. The van der Waals surface area contributed by atoms with Crippen molar-refractivity contribution in [1.29, 1.82) is 0 Å². The van der Waals surface area contributed by atoms with Gasteiger partial charge in [0.2, 0.25) is 10.0 Å². The van der Waals surface area contributed by atoms with E-state index in [1.54, 1.807) is 6.92 Å². The van der Waals surface area contributed by atoms with E-state index < -0.39 is 34.4 Å². The Balaban J connectivity index is 1.75. The number of anilines is 1. The van der Waals surface area contributed by atoms with Gasteiger partial charge < -0.3 is 30.4 Å². The van der Waals surface area contributed by atoms with Gasteiger partial charge in [-0.15, -0.1) is 0 Å². The number of unbranched alkanes of at least 4 members (excludes halogenated alkanes) is 2. The van der Waals surface area contributed by atoms with Crippen molar-refractivity contribution in [2.45, 2.75) is 63.5 Å². The van der Waals surface area contributed by atoms with Gasteiger partial charge in [0.1, 0.15) is 11.3 Å². The maximum atomic E-state index is 13.4. The molecule has 40 heavy (non-hydrogen) atoms. The van der Waals surface area contributed by atoms with Gasteiger partial charge in [-0.25, -0.2) is 13.2 Å². The Hall–Kier alpha value is -3.53. The summed E-state index contributed by atoms with van der Waals surface area (Å²) in [5.41, 5.74) is 6.11. The zero-order chi connectivity index (χ0) is 29.3. The number of aromatic nitrogens is 4. The third kappa shape index (κ3) is 7.78. The summed E-state index contributed by atoms with van der Waals surface area (Å²) in [6.07, 6.45) is 1.22. The zero-order valence-electron chi connectivity index (χ0n) is 22.6. The molecule has 3 rings (SSSR count). The quantitative estimate of drug-likeness (QED) is 0.107. The first-order chi connectivity index (χ1) is 19.1. The average Bonchev–Trinajstić information content (AvgIpc) is 3.25. The van der Waals surface area contributed by atoms with Crippen LogP contribution in [-0.4, -0.2) is 80.8 Å². The number of hydrogen-bond donors (Lipinski definition) is 4. The Morgan fingerprint density at radius 1 is 1.23 bits per heavy atom. The average molecular weight is 581 g/mol. The van der Waals surface area contributed by atoms with E-state index in [9.17, 15) is 28.2 Å². The van der Waals surface area contributed by atoms with Crippen LogP contribution in [0.2, 0.25) is 0 Å². The number of aryl methyl sites for hydroxylation is 1. The lowest BCUT2D eigenvalue weighted by Crippen LogP contribution is -2.39. The third-order valence-electron chi connectivity index (χ3n) is 5.99. The molecule has 0 unspecified atom stereocenters. The molecule has 0 saturated carbocycles. The first-order valence-corrected chi connectivity index (χ1v) is 14.5. The van der Waals surface area contributed by atoms with E-state index in [1.165, 1.54) is 28.8 Å². The lowest BCUT2D eigenvalue weighted by atomic mass is 10.3. The Labute approximate surface area is 231 Å². The fourth-order valence-electron chi connectivity index (χ4n) is 3.82. The summed E-state index contributed by atoms with van der Waals surface area (Å²) in [6, 6.07) is 5.56. The van der Waals surface area contributed by atoms with Gasteiger partial charge in [-0.1, -0.05) is 26.3 Å². The van der Waals surface area contributed by atoms with Crippen molar-refractivity contribution in [2.75, 3.05) is 32.0 Å². The Morgan fingerprint density at radius 3 is 2.70 bits per heavy atom. The van der Waals surface area contributed by atoms with E-state index in [4.69, 9.17) is 15.2 Å². The molecule has 0 saturated heterocycles. The number of aromatic amines is 1. The minimum atomic E-state index is -4.13. The molecular weight excluding hydrogens is 544 g/mol. The second kappa shape index (κ2) is 14.2. The Bertz CT molecular complexity index is 1460. The molecule has 0 bridgehead atoms. The normalized spacial score (nSPS) is 12.6. The van der Waals surface area contributed by atoms with E-state index in [2.05, 4.69) is 15.0 Å². The summed E-state index contributed by atoms with van der Waals surface area (Å²) >= 11 is 0. The number of esters is 1. The molecule has 1 atom stereocenters. The van der Waals surface area contributed by atoms with Crippen LogP contribution in [-0.2, 0) is 21.4 Å². The lowest BCUT2D eigenvalue weighted by Gasteiger charge is -2.24. The first kappa shape index (κ1) is 31.0. The van der Waals surface area contributed by atoms with Gasteiger partial charge >= 0.3 is 17.7 Å². The number of aliphatic hydroxyl groups excluding tert-OH is 2. The zero-order valence-corrected chi connectivity index (χ0v) is 23.4. The minimum Gasteiger partial charge on any atom is -0.463 e. The predicted octanol–water partition coefficient (Wildman–Crippen LogP) is 1.02. The summed E-state index contributed by atoms with van der Waals surface area (Å²) in [6.45, 7) is 3.24. The largest absolute Gasteiger partial charge is 0.463 e. The van der Waals surface area contributed by atoms with Crippen LogP contribution in [0.25, 0.3) is 11.2 Å². The highest BCUT2D eigenvalue weighted by molar-refractivity contribution is 7.89. The highest BCUT2D eigenvalue weighted by Crippen LogP contribution is 2.23. The molecule has 15 heteroatoms. The standard InChI is InChI=1S/C25H36N6O8S/c1-3-5-13-38-24-28-22(26)21-23(29-24)31(25(35)27-21)12-7-6-11-30(15-17(33)16-32)40(36,37)19-10-8-9-18(14-19)39-20(34)4-2/h8-10,14,17,32-33H,3-7,11-13,15-16H2,1-2H3,(H,27,35)(H2,26,28,29)/t17-/m1/s1. The number of nitrogens with one attached hydrogen (secondary N) is 1. The van der Waals surface area contributed by atoms with Crippen LogP contribution < -0.4 is 20.9 Å². The van der Waals surface area contributed by atoms with Gasteiger partial charge in [0.25, 0.3) is 0 Å². The van der Waals surface area contributed by atoms with E-state index in [0.717, 1.165) is 17.1 Å². The number of hydrogen-bond acceptors (Lipinski definition) is 11. The van der Waals surface area contributed by atoms with E-state index in [0.29, 0.717) is 19.4 Å². The molecule has 0 spiro atoms. The second-order valence-corrected chi connectivity index (χ2v) is 11.0. The summed E-state index contributed by atoms with van der Waals surface area (Å²) in [5.74, 6) is -0.357. The number of benzene rings is 1. The van der Waals surface area contributed by atoms with Crippen molar-refractivity contribution in [3.8, 4) is 11.8 Å². The summed E-state index contributed by atoms with van der Waals surface area (Å²) in [4.78, 5) is 35.1. The number of carbonyl (C=O) groups is 1. The molecule has 1 aromatic carbocycles. The molecule has 0 amide bonds. The van der Waals surface area contributed by atoms with E-state index >= 15 is 0 Å². The van der Waals surface area contributed by atoms with Crippen LogP contribution in [0.5, 0.6) is 11.8 Å². The van der Waals surface area contributed by atoms with Gasteiger partial charge in [0, 0.05) is 32.1 Å². The highest BCUT2D eigenvalue weighted by Gasteiger charge is 2.27. The molecule has 220 valence electrons. The fraction of sp³-hybridized carbons (Fsp3) is 0.520. The number of nitrogen functional groups attached to an aromatic ring is 1. The van der Waals surface area contributed by atoms with Crippen molar-refractivity contribution >= 4 is 33.0 Å². The van der Waals surface area contributed by atoms with E-state index in [1.807, 2.05) is 6.92 Å². The third-order valence-corrected chi connectivity index (χ3v) is 7.85. The number of fused-ring (bicyclic) bond motifs is 1. The number of H-pyrrole nitrogens is 1. The number of rotatable bonds is 16.